The number of aromatic nitrogens is 2. The summed E-state index contributed by atoms with van der Waals surface area (Å²) in [6.07, 6.45) is 0. The highest BCUT2D eigenvalue weighted by Gasteiger charge is 2.26. The lowest BCUT2D eigenvalue weighted by atomic mass is 10.0. The van der Waals surface area contributed by atoms with Gasteiger partial charge in [-0.15, -0.1) is 0 Å². The molecular formula is C15H15BrN2O4. The molecule has 1 aromatic heterocycles. The molecule has 0 aliphatic heterocycles. The highest BCUT2D eigenvalue weighted by molar-refractivity contribution is 9.10. The first kappa shape index (κ1) is 16.2. The van der Waals surface area contributed by atoms with Crippen LogP contribution in [0.3, 0.4) is 0 Å². The van der Waals surface area contributed by atoms with E-state index in [0.29, 0.717) is 11.1 Å². The smallest absolute Gasteiger partial charge is 0.359 e. The third-order valence-electron chi connectivity index (χ3n) is 2.85. The van der Waals surface area contributed by atoms with E-state index in [4.69, 9.17) is 9.47 Å². The molecule has 0 spiro atoms. The Morgan fingerprint density at radius 2 is 1.68 bits per heavy atom. The molecule has 0 aliphatic rings. The molecule has 22 heavy (non-hydrogen) atoms. The van der Waals surface area contributed by atoms with Crippen LogP contribution in [0, 0.1) is 0 Å². The van der Waals surface area contributed by atoms with Gasteiger partial charge in [0.1, 0.15) is 0 Å². The Morgan fingerprint density at radius 3 is 2.27 bits per heavy atom. The molecule has 1 heterocycles. The largest absolute Gasteiger partial charge is 0.461 e. The number of ether oxygens (including phenoxy) is 2. The Hall–Kier alpha value is -2.15. The maximum atomic E-state index is 12.0. The highest BCUT2D eigenvalue weighted by atomic mass is 79.9. The second-order valence-electron chi connectivity index (χ2n) is 4.27. The molecule has 0 unspecified atom stereocenters. The number of H-pyrrole nitrogens is 1. The maximum absolute atomic E-state index is 12.0. The average Bonchev–Trinajstić information content (AvgIpc) is 2.93. The summed E-state index contributed by atoms with van der Waals surface area (Å²) < 4.78 is 10.9. The van der Waals surface area contributed by atoms with E-state index in [-0.39, 0.29) is 24.6 Å². The monoisotopic (exact) mass is 366 g/mol. The highest BCUT2D eigenvalue weighted by Crippen LogP contribution is 2.28. The van der Waals surface area contributed by atoms with E-state index in [0.717, 1.165) is 4.47 Å². The fourth-order valence-corrected chi connectivity index (χ4v) is 2.20. The van der Waals surface area contributed by atoms with Crippen LogP contribution in [0.1, 0.15) is 34.8 Å². The van der Waals surface area contributed by atoms with Crippen molar-refractivity contribution in [3.8, 4) is 11.1 Å². The van der Waals surface area contributed by atoms with Crippen LogP contribution < -0.4 is 0 Å². The first-order valence-electron chi connectivity index (χ1n) is 6.77. The normalized spacial score (nSPS) is 10.3. The van der Waals surface area contributed by atoms with Crippen molar-refractivity contribution in [3.63, 3.8) is 0 Å². The lowest BCUT2D eigenvalue weighted by Gasteiger charge is -2.06. The van der Waals surface area contributed by atoms with Crippen LogP contribution >= 0.6 is 15.9 Å². The van der Waals surface area contributed by atoms with Gasteiger partial charge >= 0.3 is 11.9 Å². The summed E-state index contributed by atoms with van der Waals surface area (Å²) in [4.78, 5) is 24.1. The van der Waals surface area contributed by atoms with Gasteiger partial charge in [0.2, 0.25) is 0 Å². The Bertz CT molecular complexity index is 644. The van der Waals surface area contributed by atoms with Gasteiger partial charge in [-0.05, 0) is 31.5 Å². The summed E-state index contributed by atoms with van der Waals surface area (Å²) in [5.74, 6) is -1.16. The zero-order valence-corrected chi connectivity index (χ0v) is 13.8. The first-order valence-corrected chi connectivity index (χ1v) is 7.56. The molecule has 1 N–H and O–H groups in total. The quantitative estimate of drug-likeness (QED) is 0.821. The number of nitrogens with zero attached hydrogens (tertiary/aromatic N) is 1. The Morgan fingerprint density at radius 1 is 1.09 bits per heavy atom. The summed E-state index contributed by atoms with van der Waals surface area (Å²) in [6.45, 7) is 3.86. The zero-order valence-electron chi connectivity index (χ0n) is 12.2. The molecule has 0 amide bonds. The average molecular weight is 367 g/mol. The summed E-state index contributed by atoms with van der Waals surface area (Å²) in [5.41, 5.74) is 1.24. The number of rotatable bonds is 5. The number of halogens is 1. The lowest BCUT2D eigenvalue weighted by Crippen LogP contribution is -2.09. The molecule has 2 rings (SSSR count). The number of aromatic amines is 1. The van der Waals surface area contributed by atoms with Crippen LogP contribution in [-0.2, 0) is 9.47 Å². The molecule has 2 aromatic rings. The standard InChI is InChI=1S/C15H15BrN2O4/c1-3-21-14(19)12-11(9-5-7-10(16)8-6-9)13(18-17-12)15(20)22-4-2/h5-8H,3-4H2,1-2H3,(H,17,18). The first-order chi connectivity index (χ1) is 10.6. The molecule has 116 valence electrons. The number of benzene rings is 1. The van der Waals surface area contributed by atoms with Crippen molar-refractivity contribution in [2.24, 2.45) is 0 Å². The lowest BCUT2D eigenvalue weighted by molar-refractivity contribution is 0.0513. The van der Waals surface area contributed by atoms with Gasteiger partial charge in [0, 0.05) is 10.0 Å². The van der Waals surface area contributed by atoms with Gasteiger partial charge in [-0.2, -0.15) is 5.10 Å². The third kappa shape index (κ3) is 3.36. The van der Waals surface area contributed by atoms with Crippen molar-refractivity contribution in [1.29, 1.82) is 0 Å². The second-order valence-corrected chi connectivity index (χ2v) is 5.19. The molecule has 0 atom stereocenters. The fraction of sp³-hybridized carbons (Fsp3) is 0.267. The molecule has 0 bridgehead atoms. The molecule has 7 heteroatoms. The van der Waals surface area contributed by atoms with Crippen molar-refractivity contribution in [3.05, 3.63) is 40.1 Å². The van der Waals surface area contributed by atoms with Gasteiger partial charge < -0.3 is 9.47 Å². The molecule has 1 aromatic carbocycles. The molecule has 0 fully saturated rings. The van der Waals surface area contributed by atoms with E-state index >= 15 is 0 Å². The molecule has 0 saturated heterocycles. The van der Waals surface area contributed by atoms with Crippen molar-refractivity contribution in [2.45, 2.75) is 13.8 Å². The van der Waals surface area contributed by atoms with Crippen LogP contribution in [0.5, 0.6) is 0 Å². The van der Waals surface area contributed by atoms with Crippen LogP contribution in [0.25, 0.3) is 11.1 Å². The summed E-state index contributed by atoms with van der Waals surface area (Å²) in [6, 6.07) is 7.18. The fourth-order valence-electron chi connectivity index (χ4n) is 1.94. The third-order valence-corrected chi connectivity index (χ3v) is 3.38. The summed E-state index contributed by atoms with van der Waals surface area (Å²) >= 11 is 3.35. The van der Waals surface area contributed by atoms with Gasteiger partial charge in [-0.25, -0.2) is 9.59 Å². The van der Waals surface area contributed by atoms with Gasteiger partial charge in [0.25, 0.3) is 0 Å². The SMILES string of the molecule is CCOC(=O)c1n[nH]c(C(=O)OCC)c1-c1ccc(Br)cc1. The Kier molecular flexibility index (Phi) is 5.32. The van der Waals surface area contributed by atoms with Crippen LogP contribution in [0.4, 0.5) is 0 Å². The van der Waals surface area contributed by atoms with Gasteiger partial charge in [0.05, 0.1) is 13.2 Å². The number of carbonyl (C=O) groups excluding carboxylic acids is 2. The minimum atomic E-state index is -0.591. The van der Waals surface area contributed by atoms with Crippen molar-refractivity contribution in [1.82, 2.24) is 10.2 Å². The Labute approximate surface area is 135 Å². The number of carbonyl (C=O) groups is 2. The van der Waals surface area contributed by atoms with E-state index < -0.39 is 11.9 Å². The molecule has 0 aliphatic carbocycles. The van der Waals surface area contributed by atoms with Gasteiger partial charge in [-0.3, -0.25) is 5.10 Å². The molecule has 0 radical (unpaired) electrons. The van der Waals surface area contributed by atoms with Crippen molar-refractivity contribution >= 4 is 27.9 Å². The van der Waals surface area contributed by atoms with Gasteiger partial charge in [-0.1, -0.05) is 28.1 Å². The predicted octanol–water partition coefficient (Wildman–Crippen LogP) is 3.19. The number of hydrogen-bond donors (Lipinski definition) is 1. The molecular weight excluding hydrogens is 352 g/mol. The maximum Gasteiger partial charge on any atom is 0.359 e. The van der Waals surface area contributed by atoms with Crippen molar-refractivity contribution in [2.75, 3.05) is 13.2 Å². The van der Waals surface area contributed by atoms with Gasteiger partial charge in [0.15, 0.2) is 11.4 Å². The zero-order chi connectivity index (χ0) is 16.1. The second kappa shape index (κ2) is 7.22. The summed E-state index contributed by atoms with van der Waals surface area (Å²) in [7, 11) is 0. The number of nitrogens with one attached hydrogen (secondary N) is 1. The number of hydrogen-bond acceptors (Lipinski definition) is 5. The van der Waals surface area contributed by atoms with Crippen molar-refractivity contribution < 1.29 is 19.1 Å². The molecule has 0 saturated carbocycles. The molecule has 6 nitrogen and oxygen atoms in total. The topological polar surface area (TPSA) is 81.3 Å². The predicted molar refractivity (Wildman–Crippen MR) is 83.6 cm³/mol. The Balaban J connectivity index is 2.54. The van der Waals surface area contributed by atoms with Crippen LogP contribution in [0.2, 0.25) is 0 Å². The minimum Gasteiger partial charge on any atom is -0.461 e. The van der Waals surface area contributed by atoms with Crippen LogP contribution in [0.15, 0.2) is 28.7 Å². The minimum absolute atomic E-state index is 0.0622. The summed E-state index contributed by atoms with van der Waals surface area (Å²) in [5, 5.41) is 6.50. The van der Waals surface area contributed by atoms with E-state index in [1.54, 1.807) is 26.0 Å². The number of esters is 2. The van der Waals surface area contributed by atoms with E-state index in [9.17, 15) is 9.59 Å². The van der Waals surface area contributed by atoms with E-state index in [1.165, 1.54) is 0 Å². The van der Waals surface area contributed by atoms with Crippen LogP contribution in [-0.4, -0.2) is 35.3 Å². The van der Waals surface area contributed by atoms with E-state index in [2.05, 4.69) is 26.1 Å². The van der Waals surface area contributed by atoms with E-state index in [1.807, 2.05) is 12.1 Å².